The minimum absolute atomic E-state index is 0.177. The fourth-order valence-electron chi connectivity index (χ4n) is 2.53. The van der Waals surface area contributed by atoms with Crippen LogP contribution in [0.2, 0.25) is 0 Å². The molecular formula is C18H34N4O6. The number of carbonyl (C=O) groups excluding carboxylic acids is 2. The Morgan fingerprint density at radius 1 is 0.929 bits per heavy atom. The summed E-state index contributed by atoms with van der Waals surface area (Å²) in [6.45, 7) is 8.17. The summed E-state index contributed by atoms with van der Waals surface area (Å²) < 4.78 is 0. The Balaban J connectivity index is 4.66. The van der Waals surface area contributed by atoms with Gasteiger partial charge in [-0.15, -0.1) is 0 Å². The van der Waals surface area contributed by atoms with Crippen molar-refractivity contribution in [1.82, 2.24) is 10.6 Å². The Morgan fingerprint density at radius 3 is 1.75 bits per heavy atom. The maximum Gasteiger partial charge on any atom is 0.326 e. The zero-order valence-electron chi connectivity index (χ0n) is 17.2. The molecule has 0 aromatic heterocycles. The molecule has 0 heterocycles. The summed E-state index contributed by atoms with van der Waals surface area (Å²) in [6.07, 6.45) is 0.702. The SMILES string of the molecule is CC(C)[C@H](NC(=O)[C@H](N)CCC[C@](C)(N)C(=O)N[C@H](C(=O)O)C(C)C)C(=O)O. The number of carbonyl (C=O) groups is 4. The molecule has 10 nitrogen and oxygen atoms in total. The lowest BCUT2D eigenvalue weighted by Gasteiger charge is -2.27. The molecule has 0 rings (SSSR count). The highest BCUT2D eigenvalue weighted by Gasteiger charge is 2.33. The van der Waals surface area contributed by atoms with Gasteiger partial charge in [-0.05, 0) is 38.0 Å². The first kappa shape index (κ1) is 25.8. The van der Waals surface area contributed by atoms with Crippen molar-refractivity contribution in [2.45, 2.75) is 77.5 Å². The summed E-state index contributed by atoms with van der Waals surface area (Å²) in [5.74, 6) is -4.08. The second-order valence-corrected chi connectivity index (χ2v) is 8.02. The third-order valence-electron chi connectivity index (χ3n) is 4.52. The highest BCUT2D eigenvalue weighted by atomic mass is 16.4. The van der Waals surface area contributed by atoms with Crippen molar-refractivity contribution in [2.24, 2.45) is 23.3 Å². The lowest BCUT2D eigenvalue weighted by Crippen LogP contribution is -2.57. The standard InChI is InChI=1S/C18H34N4O6/c1-9(2)12(15(24)25)21-14(23)11(19)7-6-8-18(5,20)17(28)22-13(10(3)4)16(26)27/h9-13H,6-8,19-20H2,1-5H3,(H,21,23)(H,22,28)(H,24,25)(H,26,27)/t11-,12+,13+,18+/m1/s1. The number of amides is 2. The third-order valence-corrected chi connectivity index (χ3v) is 4.52. The predicted molar refractivity (Wildman–Crippen MR) is 103 cm³/mol. The molecule has 28 heavy (non-hydrogen) atoms. The van der Waals surface area contributed by atoms with E-state index in [0.29, 0.717) is 6.42 Å². The van der Waals surface area contributed by atoms with Crippen LogP contribution in [0, 0.1) is 11.8 Å². The lowest BCUT2D eigenvalue weighted by atomic mass is 9.92. The van der Waals surface area contributed by atoms with Gasteiger partial charge in [0, 0.05) is 0 Å². The van der Waals surface area contributed by atoms with E-state index in [1.165, 1.54) is 6.92 Å². The molecule has 162 valence electrons. The van der Waals surface area contributed by atoms with Crippen LogP contribution >= 0.6 is 0 Å². The van der Waals surface area contributed by atoms with E-state index in [-0.39, 0.29) is 24.7 Å². The fraction of sp³-hybridized carbons (Fsp3) is 0.778. The molecule has 0 aromatic rings. The summed E-state index contributed by atoms with van der Waals surface area (Å²) in [5.41, 5.74) is 10.5. The lowest BCUT2D eigenvalue weighted by molar-refractivity contribution is -0.144. The van der Waals surface area contributed by atoms with Crippen LogP contribution in [0.5, 0.6) is 0 Å². The van der Waals surface area contributed by atoms with Gasteiger partial charge in [0.1, 0.15) is 12.1 Å². The summed E-state index contributed by atoms with van der Waals surface area (Å²) in [6, 6.07) is -3.03. The minimum atomic E-state index is -1.33. The van der Waals surface area contributed by atoms with Gasteiger partial charge in [-0.25, -0.2) is 9.59 Å². The van der Waals surface area contributed by atoms with E-state index in [1.54, 1.807) is 27.7 Å². The van der Waals surface area contributed by atoms with Crippen LogP contribution in [0.15, 0.2) is 0 Å². The molecule has 0 fully saturated rings. The Morgan fingerprint density at radius 2 is 1.36 bits per heavy atom. The molecule has 4 atom stereocenters. The zero-order valence-corrected chi connectivity index (χ0v) is 17.2. The first-order chi connectivity index (χ1) is 12.7. The molecule has 8 N–H and O–H groups in total. The Hall–Kier alpha value is -2.20. The number of nitrogens with one attached hydrogen (secondary N) is 2. The number of hydrogen-bond acceptors (Lipinski definition) is 6. The van der Waals surface area contributed by atoms with E-state index >= 15 is 0 Å². The molecule has 0 bridgehead atoms. The molecule has 0 saturated carbocycles. The van der Waals surface area contributed by atoms with Crippen molar-refractivity contribution in [3.05, 3.63) is 0 Å². The van der Waals surface area contributed by atoms with Gasteiger partial charge in [-0.1, -0.05) is 27.7 Å². The van der Waals surface area contributed by atoms with Crippen molar-refractivity contribution in [3.8, 4) is 0 Å². The Kier molecular flexibility index (Phi) is 10.1. The number of carboxylic acid groups (broad SMARTS) is 2. The summed E-state index contributed by atoms with van der Waals surface area (Å²) in [4.78, 5) is 46.7. The normalized spacial score (nSPS) is 16.8. The number of carboxylic acids is 2. The topological polar surface area (TPSA) is 185 Å². The quantitative estimate of drug-likeness (QED) is 0.256. The van der Waals surface area contributed by atoms with Crippen molar-refractivity contribution in [2.75, 3.05) is 0 Å². The molecular weight excluding hydrogens is 368 g/mol. The molecule has 0 aliphatic heterocycles. The molecule has 2 amide bonds. The monoisotopic (exact) mass is 402 g/mol. The van der Waals surface area contributed by atoms with Crippen LogP contribution in [0.25, 0.3) is 0 Å². The average Bonchev–Trinajstić information content (AvgIpc) is 2.55. The first-order valence-corrected chi connectivity index (χ1v) is 9.32. The first-order valence-electron chi connectivity index (χ1n) is 9.32. The van der Waals surface area contributed by atoms with Gasteiger partial charge in [0.2, 0.25) is 11.8 Å². The van der Waals surface area contributed by atoms with E-state index < -0.39 is 47.4 Å². The van der Waals surface area contributed by atoms with Crippen LogP contribution in [-0.2, 0) is 19.2 Å². The molecule has 0 aliphatic rings. The van der Waals surface area contributed by atoms with Gasteiger partial charge in [0.15, 0.2) is 0 Å². The van der Waals surface area contributed by atoms with Gasteiger partial charge in [-0.3, -0.25) is 9.59 Å². The highest BCUT2D eigenvalue weighted by molar-refractivity contribution is 5.90. The summed E-state index contributed by atoms with van der Waals surface area (Å²) in [5, 5.41) is 23.1. The maximum atomic E-state index is 12.3. The van der Waals surface area contributed by atoms with Crippen molar-refractivity contribution in [3.63, 3.8) is 0 Å². The molecule has 0 aliphatic carbocycles. The van der Waals surface area contributed by atoms with Gasteiger partial charge < -0.3 is 32.3 Å². The molecule has 0 aromatic carbocycles. The molecule has 0 spiro atoms. The van der Waals surface area contributed by atoms with E-state index in [4.69, 9.17) is 21.7 Å². The van der Waals surface area contributed by atoms with Gasteiger partial charge in [-0.2, -0.15) is 0 Å². The summed E-state index contributed by atoms with van der Waals surface area (Å²) in [7, 11) is 0. The van der Waals surface area contributed by atoms with Crippen molar-refractivity contribution >= 4 is 23.8 Å². The number of aliphatic carboxylic acids is 2. The van der Waals surface area contributed by atoms with E-state index in [9.17, 15) is 19.2 Å². The minimum Gasteiger partial charge on any atom is -0.480 e. The molecule has 0 radical (unpaired) electrons. The van der Waals surface area contributed by atoms with Crippen LogP contribution in [0.4, 0.5) is 0 Å². The smallest absolute Gasteiger partial charge is 0.326 e. The van der Waals surface area contributed by atoms with Gasteiger partial charge >= 0.3 is 11.9 Å². The Bertz CT molecular complexity index is 576. The predicted octanol–water partition coefficient (Wildman–Crippen LogP) is -0.348. The van der Waals surface area contributed by atoms with E-state index in [1.807, 2.05) is 0 Å². The van der Waals surface area contributed by atoms with Crippen LogP contribution in [-0.4, -0.2) is 57.6 Å². The molecule has 10 heteroatoms. The largest absolute Gasteiger partial charge is 0.480 e. The average molecular weight is 402 g/mol. The second kappa shape index (κ2) is 11.0. The number of rotatable bonds is 12. The second-order valence-electron chi connectivity index (χ2n) is 8.02. The van der Waals surface area contributed by atoms with Crippen LogP contribution < -0.4 is 22.1 Å². The van der Waals surface area contributed by atoms with Crippen molar-refractivity contribution in [1.29, 1.82) is 0 Å². The fourth-order valence-corrected chi connectivity index (χ4v) is 2.53. The van der Waals surface area contributed by atoms with Gasteiger partial charge in [0.25, 0.3) is 0 Å². The third kappa shape index (κ3) is 8.22. The van der Waals surface area contributed by atoms with Crippen LogP contribution in [0.3, 0.4) is 0 Å². The molecule has 0 unspecified atom stereocenters. The Labute approximate surface area is 165 Å². The highest BCUT2D eigenvalue weighted by Crippen LogP contribution is 2.14. The van der Waals surface area contributed by atoms with E-state index in [2.05, 4.69) is 10.6 Å². The van der Waals surface area contributed by atoms with Crippen LogP contribution in [0.1, 0.15) is 53.9 Å². The number of nitrogens with two attached hydrogens (primary N) is 2. The molecule has 0 saturated heterocycles. The van der Waals surface area contributed by atoms with Gasteiger partial charge in [0.05, 0.1) is 11.6 Å². The maximum absolute atomic E-state index is 12.3. The van der Waals surface area contributed by atoms with E-state index in [0.717, 1.165) is 0 Å². The van der Waals surface area contributed by atoms with Crippen molar-refractivity contribution < 1.29 is 29.4 Å². The summed E-state index contributed by atoms with van der Waals surface area (Å²) >= 11 is 0. The number of hydrogen-bond donors (Lipinski definition) is 6. The zero-order chi connectivity index (χ0) is 22.2.